The van der Waals surface area contributed by atoms with Crippen LogP contribution in [0.1, 0.15) is 25.3 Å². The average molecular weight is 441 g/mol. The minimum absolute atomic E-state index is 0.416. The minimum atomic E-state index is -0.416. The van der Waals surface area contributed by atoms with Gasteiger partial charge in [0.25, 0.3) is 0 Å². The summed E-state index contributed by atoms with van der Waals surface area (Å²) in [7, 11) is 0. The lowest BCUT2D eigenvalue weighted by atomic mass is 10.0. The third-order valence-corrected chi connectivity index (χ3v) is 7.53. The fourth-order valence-electron chi connectivity index (χ4n) is 2.82. The highest BCUT2D eigenvalue weighted by molar-refractivity contribution is 8.00. The van der Waals surface area contributed by atoms with Crippen molar-refractivity contribution in [3.63, 3.8) is 0 Å². The maximum Gasteiger partial charge on any atom is 0.115 e. The zero-order valence-electron chi connectivity index (χ0n) is 16.4. The number of hydrogen-bond acceptors (Lipinski definition) is 6. The first-order valence-corrected chi connectivity index (χ1v) is 12.7. The lowest BCUT2D eigenvalue weighted by Gasteiger charge is -2.14. The van der Waals surface area contributed by atoms with E-state index in [0.29, 0.717) is 22.1 Å². The van der Waals surface area contributed by atoms with Crippen LogP contribution in [-0.2, 0) is 0 Å². The average Bonchev–Trinajstić information content (AvgIpc) is 3.30. The van der Waals surface area contributed by atoms with Crippen LogP contribution in [0.15, 0.2) is 58.9 Å². The Hall–Kier alpha value is -1.78. The van der Waals surface area contributed by atoms with E-state index in [1.165, 1.54) is 24.6 Å². The Morgan fingerprint density at radius 1 is 1.17 bits per heavy atom. The predicted molar refractivity (Wildman–Crippen MR) is 127 cm³/mol. The molecule has 2 heterocycles. The molecule has 150 valence electrons. The lowest BCUT2D eigenvalue weighted by Crippen LogP contribution is -2.14. The van der Waals surface area contributed by atoms with Gasteiger partial charge in [0.2, 0.25) is 0 Å². The normalized spacial score (nSPS) is 11.9. The van der Waals surface area contributed by atoms with Crippen molar-refractivity contribution in [1.29, 1.82) is 5.26 Å². The van der Waals surface area contributed by atoms with E-state index in [1.54, 1.807) is 23.1 Å². The van der Waals surface area contributed by atoms with Crippen molar-refractivity contribution in [2.75, 3.05) is 17.3 Å². The van der Waals surface area contributed by atoms with Crippen LogP contribution in [0.3, 0.4) is 0 Å². The van der Waals surface area contributed by atoms with E-state index in [4.69, 9.17) is 4.98 Å². The van der Waals surface area contributed by atoms with Crippen LogP contribution >= 0.6 is 34.9 Å². The number of aliphatic hydroxyl groups excluding tert-OH is 1. The molecule has 1 unspecified atom stereocenters. The van der Waals surface area contributed by atoms with E-state index in [1.807, 2.05) is 53.9 Å². The Balaban J connectivity index is 1.87. The largest absolute Gasteiger partial charge is 0.391 e. The van der Waals surface area contributed by atoms with Gasteiger partial charge >= 0.3 is 0 Å². The summed E-state index contributed by atoms with van der Waals surface area (Å²) >= 11 is 4.89. The molecule has 0 bridgehead atoms. The van der Waals surface area contributed by atoms with Crippen LogP contribution < -0.4 is 0 Å². The Morgan fingerprint density at radius 2 is 2.00 bits per heavy atom. The zero-order chi connectivity index (χ0) is 20.5. The summed E-state index contributed by atoms with van der Waals surface area (Å²) in [5, 5.41) is 23.0. The number of thiophene rings is 1. The number of aromatic nitrogens is 1. The van der Waals surface area contributed by atoms with Gasteiger partial charge in [-0.15, -0.1) is 23.1 Å². The molecule has 0 saturated heterocycles. The summed E-state index contributed by atoms with van der Waals surface area (Å²) in [6, 6.07) is 18.4. The van der Waals surface area contributed by atoms with Crippen LogP contribution in [0.25, 0.3) is 21.7 Å². The van der Waals surface area contributed by atoms with Crippen molar-refractivity contribution in [1.82, 2.24) is 4.98 Å². The van der Waals surface area contributed by atoms with Crippen molar-refractivity contribution < 1.29 is 5.11 Å². The van der Waals surface area contributed by atoms with Crippen LogP contribution in [0, 0.1) is 11.3 Å². The highest BCUT2D eigenvalue weighted by Crippen LogP contribution is 2.35. The number of unbranched alkanes of at least 4 members (excludes halogenated alkanes) is 1. The molecule has 0 aliphatic carbocycles. The second-order valence-corrected chi connectivity index (χ2v) is 9.69. The first kappa shape index (κ1) is 21.9. The second-order valence-electron chi connectivity index (χ2n) is 6.58. The number of rotatable bonds is 10. The molecule has 0 aliphatic rings. The summed E-state index contributed by atoms with van der Waals surface area (Å²) < 4.78 is 0. The molecule has 0 spiro atoms. The summed E-state index contributed by atoms with van der Waals surface area (Å²) in [6.45, 7) is 2.17. The number of thioether (sulfide) groups is 2. The van der Waals surface area contributed by atoms with Crippen molar-refractivity contribution in [3.8, 4) is 27.8 Å². The van der Waals surface area contributed by atoms with Gasteiger partial charge in [-0.1, -0.05) is 49.7 Å². The van der Waals surface area contributed by atoms with Gasteiger partial charge in [-0.25, -0.2) is 4.98 Å². The first-order valence-electron chi connectivity index (χ1n) is 9.66. The number of benzene rings is 1. The highest BCUT2D eigenvalue weighted by atomic mass is 32.2. The molecule has 0 fully saturated rings. The molecule has 0 aliphatic heterocycles. The number of pyridine rings is 1. The molecule has 1 N–H and O–H groups in total. The maximum atomic E-state index is 10.4. The first-order chi connectivity index (χ1) is 14.2. The third kappa shape index (κ3) is 6.10. The van der Waals surface area contributed by atoms with E-state index in [0.717, 1.165) is 27.5 Å². The smallest absolute Gasteiger partial charge is 0.115 e. The molecule has 0 radical (unpaired) electrons. The predicted octanol–water partition coefficient (Wildman–Crippen LogP) is 6.34. The summed E-state index contributed by atoms with van der Waals surface area (Å²) in [5.41, 5.74) is 3.34. The Labute approximate surface area is 185 Å². The molecular formula is C23H24N2OS3. The van der Waals surface area contributed by atoms with Crippen LogP contribution in [0.4, 0.5) is 0 Å². The molecule has 3 rings (SSSR count). The summed E-state index contributed by atoms with van der Waals surface area (Å²) in [6.07, 6.45) is 1.93. The van der Waals surface area contributed by atoms with Gasteiger partial charge in [0.1, 0.15) is 11.1 Å². The third-order valence-electron chi connectivity index (χ3n) is 4.32. The van der Waals surface area contributed by atoms with E-state index in [9.17, 15) is 10.4 Å². The van der Waals surface area contributed by atoms with Gasteiger partial charge in [-0.2, -0.15) is 17.0 Å². The number of nitrogens with zero attached hydrogens (tertiary/aromatic N) is 2. The van der Waals surface area contributed by atoms with E-state index in [2.05, 4.69) is 13.0 Å². The number of nitriles is 1. The van der Waals surface area contributed by atoms with Gasteiger partial charge in [-0.05, 0) is 35.2 Å². The molecule has 1 atom stereocenters. The fraction of sp³-hybridized carbons (Fsp3) is 0.304. The molecule has 6 heteroatoms. The van der Waals surface area contributed by atoms with E-state index < -0.39 is 6.10 Å². The molecule has 3 aromatic rings. The molecular weight excluding hydrogens is 416 g/mol. The SMILES string of the molecule is CCCCSCC(O)CSc1nc(-c2cccs2)cc(-c2ccccc2)c1C#N. The maximum absolute atomic E-state index is 10.4. The van der Waals surface area contributed by atoms with Crippen molar-refractivity contribution in [3.05, 3.63) is 59.5 Å². The van der Waals surface area contributed by atoms with Gasteiger partial charge in [0.15, 0.2) is 0 Å². The lowest BCUT2D eigenvalue weighted by molar-refractivity contribution is 0.225. The molecule has 2 aromatic heterocycles. The minimum Gasteiger partial charge on any atom is -0.391 e. The quantitative estimate of drug-likeness (QED) is 0.295. The summed E-state index contributed by atoms with van der Waals surface area (Å²) in [5.74, 6) is 2.32. The Morgan fingerprint density at radius 3 is 2.69 bits per heavy atom. The van der Waals surface area contributed by atoms with E-state index >= 15 is 0 Å². The molecule has 0 amide bonds. The van der Waals surface area contributed by atoms with Gasteiger partial charge < -0.3 is 5.11 Å². The number of aliphatic hydroxyl groups is 1. The Bertz CT molecular complexity index is 937. The van der Waals surface area contributed by atoms with Crippen LogP contribution in [-0.4, -0.2) is 33.5 Å². The Kier molecular flexibility index (Phi) is 8.63. The van der Waals surface area contributed by atoms with Crippen molar-refractivity contribution in [2.24, 2.45) is 0 Å². The standard InChI is InChI=1S/C23H24N2OS3/c1-2-3-11-27-15-18(26)16-29-23-20(14-24)19(17-8-5-4-6-9-17)13-21(25-23)22-10-7-12-28-22/h4-10,12-13,18,26H,2-3,11,15-16H2,1H3. The molecule has 0 saturated carbocycles. The zero-order valence-corrected chi connectivity index (χ0v) is 18.8. The monoisotopic (exact) mass is 440 g/mol. The summed E-state index contributed by atoms with van der Waals surface area (Å²) in [4.78, 5) is 5.86. The van der Waals surface area contributed by atoms with Gasteiger partial charge in [0, 0.05) is 17.1 Å². The van der Waals surface area contributed by atoms with Gasteiger partial charge in [0.05, 0.1) is 22.2 Å². The van der Waals surface area contributed by atoms with Crippen molar-refractivity contribution in [2.45, 2.75) is 30.9 Å². The van der Waals surface area contributed by atoms with Crippen molar-refractivity contribution >= 4 is 34.9 Å². The fourth-order valence-corrected chi connectivity index (χ4v) is 5.63. The highest BCUT2D eigenvalue weighted by Gasteiger charge is 2.17. The van der Waals surface area contributed by atoms with Crippen LogP contribution in [0.5, 0.6) is 0 Å². The van der Waals surface area contributed by atoms with Gasteiger partial charge in [-0.3, -0.25) is 0 Å². The van der Waals surface area contributed by atoms with Crippen LogP contribution in [0.2, 0.25) is 0 Å². The molecule has 1 aromatic carbocycles. The topological polar surface area (TPSA) is 56.9 Å². The molecule has 3 nitrogen and oxygen atoms in total. The molecule has 29 heavy (non-hydrogen) atoms. The van der Waals surface area contributed by atoms with E-state index in [-0.39, 0.29) is 0 Å². The second kappa shape index (κ2) is 11.4. The number of hydrogen-bond donors (Lipinski definition) is 1.